The van der Waals surface area contributed by atoms with E-state index >= 15 is 0 Å². The molecule has 0 aliphatic carbocycles. The van der Waals surface area contributed by atoms with Gasteiger partial charge in [0.15, 0.2) is 0 Å². The van der Waals surface area contributed by atoms with Gasteiger partial charge in [-0.05, 0) is 73.4 Å². The van der Waals surface area contributed by atoms with Crippen LogP contribution in [0.2, 0.25) is 0 Å². The van der Waals surface area contributed by atoms with Crippen LogP contribution in [0.3, 0.4) is 0 Å². The Labute approximate surface area is 178 Å². The molecule has 3 aromatic carbocycles. The maximum absolute atomic E-state index is 12.7. The predicted molar refractivity (Wildman–Crippen MR) is 120 cm³/mol. The second kappa shape index (κ2) is 9.13. The van der Waals surface area contributed by atoms with Gasteiger partial charge in [0.05, 0.1) is 10.9 Å². The van der Waals surface area contributed by atoms with E-state index in [-0.39, 0.29) is 16.8 Å². The van der Waals surface area contributed by atoms with Crippen LogP contribution in [0, 0.1) is 13.8 Å². The molecule has 5 nitrogen and oxygen atoms in total. The maximum atomic E-state index is 12.7. The molecule has 0 saturated heterocycles. The first-order valence-electron chi connectivity index (χ1n) is 9.86. The Morgan fingerprint density at radius 1 is 0.900 bits per heavy atom. The Hall–Kier alpha value is -3.12. The molecule has 0 heterocycles. The zero-order valence-electron chi connectivity index (χ0n) is 17.3. The highest BCUT2D eigenvalue weighted by Gasteiger charge is 2.16. The molecule has 0 fully saturated rings. The van der Waals surface area contributed by atoms with Crippen molar-refractivity contribution in [2.45, 2.75) is 38.1 Å². The molecule has 1 amide bonds. The topological polar surface area (TPSA) is 75.3 Å². The fourth-order valence-electron chi connectivity index (χ4n) is 3.15. The quantitative estimate of drug-likeness (QED) is 0.563. The van der Waals surface area contributed by atoms with Crippen molar-refractivity contribution >= 4 is 21.6 Å². The molecule has 0 saturated carbocycles. The van der Waals surface area contributed by atoms with E-state index in [1.165, 1.54) is 23.3 Å². The van der Waals surface area contributed by atoms with Crippen molar-refractivity contribution in [3.63, 3.8) is 0 Å². The molecule has 0 aliphatic rings. The van der Waals surface area contributed by atoms with Crippen LogP contribution in [0.5, 0.6) is 0 Å². The number of hydrogen-bond donors (Lipinski definition) is 2. The lowest BCUT2D eigenvalue weighted by molar-refractivity contribution is 0.0935. The molecule has 2 N–H and O–H groups in total. The standard InChI is InChI=1S/C24H26N2O3S/c1-4-23(20-11-10-17(2)18(3)16-20)25-24(27)19-12-14-21(15-13-19)26-30(28,29)22-8-6-5-7-9-22/h5-16,23,26H,4H2,1-3H3,(H,25,27)/t23-/m1/s1. The summed E-state index contributed by atoms with van der Waals surface area (Å²) in [5.41, 5.74) is 4.35. The van der Waals surface area contributed by atoms with Gasteiger partial charge in [0.25, 0.3) is 15.9 Å². The number of hydrogen-bond acceptors (Lipinski definition) is 3. The number of carbonyl (C=O) groups is 1. The molecule has 156 valence electrons. The Morgan fingerprint density at radius 2 is 1.57 bits per heavy atom. The lowest BCUT2D eigenvalue weighted by Gasteiger charge is -2.19. The van der Waals surface area contributed by atoms with Crippen molar-refractivity contribution in [3.05, 3.63) is 95.1 Å². The molecule has 0 aromatic heterocycles. The van der Waals surface area contributed by atoms with Crippen molar-refractivity contribution in [1.29, 1.82) is 0 Å². The van der Waals surface area contributed by atoms with Gasteiger partial charge in [0.2, 0.25) is 0 Å². The number of nitrogens with one attached hydrogen (secondary N) is 2. The normalized spacial score (nSPS) is 12.2. The van der Waals surface area contributed by atoms with Gasteiger partial charge >= 0.3 is 0 Å². The first-order valence-corrected chi connectivity index (χ1v) is 11.3. The lowest BCUT2D eigenvalue weighted by Crippen LogP contribution is -2.28. The number of rotatable bonds is 7. The maximum Gasteiger partial charge on any atom is 0.261 e. The average Bonchev–Trinajstić information content (AvgIpc) is 2.75. The monoisotopic (exact) mass is 422 g/mol. The fourth-order valence-corrected chi connectivity index (χ4v) is 4.23. The third kappa shape index (κ3) is 5.07. The van der Waals surface area contributed by atoms with Crippen LogP contribution in [0.15, 0.2) is 77.7 Å². The molecule has 30 heavy (non-hydrogen) atoms. The summed E-state index contributed by atoms with van der Waals surface area (Å²) in [5, 5.41) is 3.06. The van der Waals surface area contributed by atoms with Crippen molar-refractivity contribution in [3.8, 4) is 0 Å². The number of sulfonamides is 1. The molecule has 0 aliphatic heterocycles. The fraction of sp³-hybridized carbons (Fsp3) is 0.208. The van der Waals surface area contributed by atoms with E-state index in [0.717, 1.165) is 12.0 Å². The van der Waals surface area contributed by atoms with Gasteiger partial charge < -0.3 is 5.32 Å². The number of carbonyl (C=O) groups excluding carboxylic acids is 1. The molecule has 0 unspecified atom stereocenters. The minimum atomic E-state index is -3.66. The van der Waals surface area contributed by atoms with Gasteiger partial charge in [-0.3, -0.25) is 9.52 Å². The molecule has 0 radical (unpaired) electrons. The zero-order chi connectivity index (χ0) is 21.7. The van der Waals surface area contributed by atoms with Crippen molar-refractivity contribution < 1.29 is 13.2 Å². The average molecular weight is 423 g/mol. The van der Waals surface area contributed by atoms with E-state index in [2.05, 4.69) is 36.0 Å². The van der Waals surface area contributed by atoms with E-state index in [4.69, 9.17) is 0 Å². The largest absolute Gasteiger partial charge is 0.345 e. The highest BCUT2D eigenvalue weighted by molar-refractivity contribution is 7.92. The zero-order valence-corrected chi connectivity index (χ0v) is 18.2. The second-order valence-corrected chi connectivity index (χ2v) is 8.96. The second-order valence-electron chi connectivity index (χ2n) is 7.27. The molecule has 3 aromatic rings. The summed E-state index contributed by atoms with van der Waals surface area (Å²) in [5.74, 6) is -0.197. The van der Waals surface area contributed by atoms with Gasteiger partial charge in [0.1, 0.15) is 0 Å². The lowest BCUT2D eigenvalue weighted by atomic mass is 9.99. The minimum absolute atomic E-state index is 0.0898. The van der Waals surface area contributed by atoms with Gasteiger partial charge in [-0.15, -0.1) is 0 Å². The molecular weight excluding hydrogens is 396 g/mol. The summed E-state index contributed by atoms with van der Waals surface area (Å²) in [6, 6.07) is 20.7. The van der Waals surface area contributed by atoms with Crippen LogP contribution in [0.4, 0.5) is 5.69 Å². The van der Waals surface area contributed by atoms with Gasteiger partial charge in [-0.25, -0.2) is 8.42 Å². The van der Waals surface area contributed by atoms with Crippen molar-refractivity contribution in [1.82, 2.24) is 5.32 Å². The molecule has 1 atom stereocenters. The molecule has 0 bridgehead atoms. The highest BCUT2D eigenvalue weighted by atomic mass is 32.2. The third-order valence-corrected chi connectivity index (χ3v) is 6.50. The number of anilines is 1. The summed E-state index contributed by atoms with van der Waals surface area (Å²) >= 11 is 0. The van der Waals surface area contributed by atoms with E-state index in [9.17, 15) is 13.2 Å². The first kappa shape index (κ1) is 21.6. The van der Waals surface area contributed by atoms with Crippen LogP contribution in [0.25, 0.3) is 0 Å². The summed E-state index contributed by atoms with van der Waals surface area (Å²) < 4.78 is 27.4. The smallest absolute Gasteiger partial charge is 0.261 e. The molecular formula is C24H26N2O3S. The summed E-state index contributed by atoms with van der Waals surface area (Å²) in [6.07, 6.45) is 0.767. The van der Waals surface area contributed by atoms with Crippen molar-refractivity contribution in [2.75, 3.05) is 4.72 Å². The number of amides is 1. The first-order chi connectivity index (χ1) is 14.3. The van der Waals surface area contributed by atoms with Crippen molar-refractivity contribution in [2.24, 2.45) is 0 Å². The Kier molecular flexibility index (Phi) is 6.57. The number of aryl methyl sites for hydroxylation is 2. The predicted octanol–water partition coefficient (Wildman–Crippen LogP) is 4.99. The Bertz CT molecular complexity index is 1120. The van der Waals surface area contributed by atoms with Crippen LogP contribution >= 0.6 is 0 Å². The minimum Gasteiger partial charge on any atom is -0.345 e. The number of benzene rings is 3. The Balaban J connectivity index is 1.70. The van der Waals surface area contributed by atoms with Gasteiger partial charge in [0, 0.05) is 11.3 Å². The van der Waals surface area contributed by atoms with E-state index in [0.29, 0.717) is 11.3 Å². The van der Waals surface area contributed by atoms with Crippen LogP contribution in [-0.4, -0.2) is 14.3 Å². The van der Waals surface area contributed by atoms with E-state index in [1.807, 2.05) is 13.0 Å². The molecule has 3 rings (SSSR count). The summed E-state index contributed by atoms with van der Waals surface area (Å²) in [6.45, 7) is 6.15. The molecule has 6 heteroatoms. The van der Waals surface area contributed by atoms with Crippen LogP contribution in [0.1, 0.15) is 46.4 Å². The SMILES string of the molecule is CC[C@@H](NC(=O)c1ccc(NS(=O)(=O)c2ccccc2)cc1)c1ccc(C)c(C)c1. The van der Waals surface area contributed by atoms with Crippen LogP contribution < -0.4 is 10.0 Å². The third-order valence-electron chi connectivity index (χ3n) is 5.10. The molecule has 0 spiro atoms. The highest BCUT2D eigenvalue weighted by Crippen LogP contribution is 2.21. The van der Waals surface area contributed by atoms with Gasteiger partial charge in [-0.2, -0.15) is 0 Å². The Morgan fingerprint density at radius 3 is 2.17 bits per heavy atom. The van der Waals surface area contributed by atoms with Gasteiger partial charge in [-0.1, -0.05) is 43.3 Å². The van der Waals surface area contributed by atoms with E-state index in [1.54, 1.807) is 42.5 Å². The summed E-state index contributed by atoms with van der Waals surface area (Å²) in [4.78, 5) is 12.9. The van der Waals surface area contributed by atoms with Crippen LogP contribution in [-0.2, 0) is 10.0 Å². The van der Waals surface area contributed by atoms with E-state index < -0.39 is 10.0 Å². The summed E-state index contributed by atoms with van der Waals surface area (Å²) in [7, 11) is -3.66.